The van der Waals surface area contributed by atoms with E-state index < -0.39 is 11.8 Å². The van der Waals surface area contributed by atoms with Crippen LogP contribution >= 0.6 is 0 Å². The van der Waals surface area contributed by atoms with Gasteiger partial charge in [-0.05, 0) is 18.5 Å². The lowest BCUT2D eigenvalue weighted by atomic mass is 9.86. The molecule has 1 saturated heterocycles. The van der Waals surface area contributed by atoms with Crippen LogP contribution in [-0.2, 0) is 12.1 Å². The number of piperidine rings is 1. The van der Waals surface area contributed by atoms with Gasteiger partial charge in [-0.15, -0.1) is 0 Å². The number of β-amino-alcohol motifs (C(OH)–C–C–N with tert-alkyl or cyclic N) is 1. The summed E-state index contributed by atoms with van der Waals surface area (Å²) in [6.45, 7) is 0.688. The molecule has 174 valence electrons. The molecular weight excluding hydrogens is 437 g/mol. The Morgan fingerprint density at radius 2 is 2.12 bits per heavy atom. The van der Waals surface area contributed by atoms with Crippen LogP contribution in [0, 0.1) is 0 Å². The van der Waals surface area contributed by atoms with Gasteiger partial charge in [0, 0.05) is 61.4 Å². The molecular formula is C24H24FN7O2. The molecule has 3 N–H and O–H groups in total. The molecule has 2 atom stereocenters. The van der Waals surface area contributed by atoms with Crippen molar-refractivity contribution in [2.45, 2.75) is 31.0 Å². The summed E-state index contributed by atoms with van der Waals surface area (Å²) < 4.78 is 16.9. The summed E-state index contributed by atoms with van der Waals surface area (Å²) in [6.07, 6.45) is 15.6. The van der Waals surface area contributed by atoms with Crippen LogP contribution in [0.2, 0.25) is 0 Å². The average molecular weight is 462 g/mol. The minimum atomic E-state index is -1.85. The van der Waals surface area contributed by atoms with Gasteiger partial charge in [0.25, 0.3) is 0 Å². The number of nitrogens with one attached hydrogen (secondary N) is 2. The van der Waals surface area contributed by atoms with Crippen molar-refractivity contribution in [3.05, 3.63) is 94.2 Å². The molecule has 1 fully saturated rings. The van der Waals surface area contributed by atoms with Gasteiger partial charge in [0.1, 0.15) is 17.5 Å². The smallest absolute Gasteiger partial charge is 0.203 e. The van der Waals surface area contributed by atoms with E-state index in [1.807, 2.05) is 24.3 Å². The Hall–Kier alpha value is -3.76. The molecule has 1 aliphatic carbocycles. The van der Waals surface area contributed by atoms with E-state index in [-0.39, 0.29) is 24.0 Å². The third kappa shape index (κ3) is 4.37. The summed E-state index contributed by atoms with van der Waals surface area (Å²) in [5.74, 6) is 0.498. The molecule has 0 saturated carbocycles. The van der Waals surface area contributed by atoms with Crippen molar-refractivity contribution in [2.24, 2.45) is 0 Å². The van der Waals surface area contributed by atoms with Crippen molar-refractivity contribution >= 4 is 5.57 Å². The van der Waals surface area contributed by atoms with E-state index in [9.17, 15) is 9.90 Å². The molecule has 0 amide bonds. The van der Waals surface area contributed by atoms with Crippen LogP contribution < -0.4 is 10.7 Å². The molecule has 0 radical (unpaired) electrons. The molecule has 1 aliphatic heterocycles. The van der Waals surface area contributed by atoms with E-state index in [4.69, 9.17) is 0 Å². The molecule has 9 nitrogen and oxygen atoms in total. The molecule has 2 aliphatic rings. The SMILES string of the molecule is O=c1ccn(-c2cn[nH]c2)nc1CC1=CCC(c2ncc(C3(F)CCNCC3O)cn2)=CC=C1. The summed E-state index contributed by atoms with van der Waals surface area (Å²) in [6, 6.07) is 1.49. The van der Waals surface area contributed by atoms with Crippen LogP contribution in [-0.4, -0.2) is 54.2 Å². The highest BCUT2D eigenvalue weighted by Crippen LogP contribution is 2.35. The highest BCUT2D eigenvalue weighted by molar-refractivity contribution is 5.64. The normalized spacial score (nSPS) is 22.7. The fraction of sp³-hybridized carbons (Fsp3) is 0.292. The van der Waals surface area contributed by atoms with Crippen LogP contribution in [0.4, 0.5) is 4.39 Å². The number of halogens is 1. The number of H-pyrrole nitrogens is 1. The Bertz CT molecular complexity index is 1310. The maximum Gasteiger partial charge on any atom is 0.203 e. The second-order valence-corrected chi connectivity index (χ2v) is 8.37. The number of hydrogen-bond acceptors (Lipinski definition) is 7. The molecule has 4 heterocycles. The van der Waals surface area contributed by atoms with Gasteiger partial charge in [-0.2, -0.15) is 10.2 Å². The zero-order chi connectivity index (χ0) is 23.5. The van der Waals surface area contributed by atoms with Crippen molar-refractivity contribution in [3.8, 4) is 5.69 Å². The third-order valence-corrected chi connectivity index (χ3v) is 6.14. The quantitative estimate of drug-likeness (QED) is 0.529. The van der Waals surface area contributed by atoms with Gasteiger partial charge < -0.3 is 10.4 Å². The van der Waals surface area contributed by atoms with Gasteiger partial charge in [-0.3, -0.25) is 9.89 Å². The second kappa shape index (κ2) is 9.24. The second-order valence-electron chi connectivity index (χ2n) is 8.37. The first-order chi connectivity index (χ1) is 16.5. The van der Waals surface area contributed by atoms with Crippen LogP contribution in [0.15, 0.2) is 71.7 Å². The summed E-state index contributed by atoms with van der Waals surface area (Å²) in [7, 11) is 0. The standard InChI is InChI=1S/C24H24FN7O2/c25-24(7-8-26-15-22(24)34)18-11-27-23(28-12-18)17-3-1-2-16(4-5-17)10-20-21(33)6-9-32(31-20)19-13-29-30-14-19/h1-4,6,9,11-14,22,26,34H,5,7-8,10,15H2,(H,29,30). The Morgan fingerprint density at radius 3 is 2.88 bits per heavy atom. The number of aromatic amines is 1. The van der Waals surface area contributed by atoms with Gasteiger partial charge in [-0.25, -0.2) is 19.0 Å². The monoisotopic (exact) mass is 461 g/mol. The first-order valence-corrected chi connectivity index (χ1v) is 11.1. The largest absolute Gasteiger partial charge is 0.388 e. The fourth-order valence-electron chi connectivity index (χ4n) is 4.12. The van der Waals surface area contributed by atoms with E-state index >= 15 is 4.39 Å². The molecule has 10 heteroatoms. The van der Waals surface area contributed by atoms with Crippen molar-refractivity contribution in [3.63, 3.8) is 0 Å². The number of rotatable bonds is 5. The van der Waals surface area contributed by atoms with E-state index in [2.05, 4.69) is 30.6 Å². The number of alkyl halides is 1. The van der Waals surface area contributed by atoms with Crippen molar-refractivity contribution in [2.75, 3.05) is 13.1 Å². The highest BCUT2D eigenvalue weighted by Gasteiger charge is 2.42. The number of nitrogens with zero attached hydrogens (tertiary/aromatic N) is 5. The Labute approximate surface area is 194 Å². The van der Waals surface area contributed by atoms with E-state index in [1.54, 1.807) is 23.3 Å². The number of hydrogen-bond donors (Lipinski definition) is 3. The fourth-order valence-corrected chi connectivity index (χ4v) is 4.12. The molecule has 0 aromatic carbocycles. The number of aromatic nitrogens is 6. The first-order valence-electron chi connectivity index (χ1n) is 11.1. The molecule has 3 aromatic rings. The van der Waals surface area contributed by atoms with Crippen molar-refractivity contribution < 1.29 is 9.50 Å². The molecule has 3 aromatic heterocycles. The van der Waals surface area contributed by atoms with Gasteiger partial charge in [0.05, 0.1) is 6.20 Å². The predicted molar refractivity (Wildman–Crippen MR) is 124 cm³/mol. The Morgan fingerprint density at radius 1 is 1.26 bits per heavy atom. The van der Waals surface area contributed by atoms with Crippen molar-refractivity contribution in [1.29, 1.82) is 0 Å². The summed E-state index contributed by atoms with van der Waals surface area (Å²) in [4.78, 5) is 21.1. The molecule has 5 rings (SSSR count). The number of aliphatic hydroxyl groups excluding tert-OH is 1. The van der Waals surface area contributed by atoms with Crippen molar-refractivity contribution in [1.82, 2.24) is 35.3 Å². The Balaban J connectivity index is 1.31. The van der Waals surface area contributed by atoms with E-state index in [1.165, 1.54) is 18.5 Å². The zero-order valence-electron chi connectivity index (χ0n) is 18.4. The lowest BCUT2D eigenvalue weighted by Crippen LogP contribution is -2.49. The number of allylic oxidation sites excluding steroid dienone is 6. The third-order valence-electron chi connectivity index (χ3n) is 6.14. The molecule has 2 unspecified atom stereocenters. The maximum atomic E-state index is 15.3. The maximum absolute atomic E-state index is 15.3. The van der Waals surface area contributed by atoms with Crippen LogP contribution in [0.5, 0.6) is 0 Å². The summed E-state index contributed by atoms with van der Waals surface area (Å²) >= 11 is 0. The van der Waals surface area contributed by atoms with Gasteiger partial charge in [0.2, 0.25) is 5.43 Å². The summed E-state index contributed by atoms with van der Waals surface area (Å²) in [5, 5.41) is 24.2. The van der Waals surface area contributed by atoms with E-state index in [0.29, 0.717) is 30.9 Å². The number of aliphatic hydroxyl groups is 1. The van der Waals surface area contributed by atoms with Gasteiger partial charge in [-0.1, -0.05) is 24.3 Å². The van der Waals surface area contributed by atoms with Crippen LogP contribution in [0.3, 0.4) is 0 Å². The molecule has 34 heavy (non-hydrogen) atoms. The van der Waals surface area contributed by atoms with Crippen LogP contribution in [0.25, 0.3) is 11.3 Å². The lowest BCUT2D eigenvalue weighted by Gasteiger charge is -2.34. The topological polar surface area (TPSA) is 122 Å². The minimum Gasteiger partial charge on any atom is -0.388 e. The van der Waals surface area contributed by atoms with Crippen LogP contribution in [0.1, 0.15) is 29.9 Å². The highest BCUT2D eigenvalue weighted by atomic mass is 19.1. The van der Waals surface area contributed by atoms with E-state index in [0.717, 1.165) is 16.8 Å². The predicted octanol–water partition coefficient (Wildman–Crippen LogP) is 1.78. The molecule has 0 bridgehead atoms. The summed E-state index contributed by atoms with van der Waals surface area (Å²) in [5.41, 5.74) is 1.29. The minimum absolute atomic E-state index is 0.134. The Kier molecular flexibility index (Phi) is 5.99. The zero-order valence-corrected chi connectivity index (χ0v) is 18.4. The van der Waals surface area contributed by atoms with Gasteiger partial charge >= 0.3 is 0 Å². The average Bonchev–Trinajstić information content (AvgIpc) is 3.29. The van der Waals surface area contributed by atoms with Gasteiger partial charge in [0.15, 0.2) is 11.5 Å². The first kappa shape index (κ1) is 22.1. The lowest BCUT2D eigenvalue weighted by molar-refractivity contribution is -0.0350. The molecule has 0 spiro atoms.